The van der Waals surface area contributed by atoms with Crippen LogP contribution in [0.3, 0.4) is 0 Å². The summed E-state index contributed by atoms with van der Waals surface area (Å²) in [5.74, 6) is 0. The van der Waals surface area contributed by atoms with Crippen LogP contribution < -0.4 is 0 Å². The van der Waals surface area contributed by atoms with Crippen LogP contribution >= 0.6 is 0 Å². The average Bonchev–Trinajstić information content (AvgIpc) is 2.33. The average molecular weight is 173 g/mol. The predicted molar refractivity (Wildman–Crippen MR) is 40.4 cm³/mol. The second kappa shape index (κ2) is 3.73. The molecule has 0 spiro atoms. The summed E-state index contributed by atoms with van der Waals surface area (Å²) in [7, 11) is 0. The van der Waals surface area contributed by atoms with E-state index in [1.54, 1.807) is 6.92 Å². The molecule has 6 nitrogen and oxygen atoms in total. The summed E-state index contributed by atoms with van der Waals surface area (Å²) in [6.07, 6.45) is -1.79. The van der Waals surface area contributed by atoms with E-state index in [0.717, 1.165) is 0 Å². The molecule has 0 bridgehead atoms. The van der Waals surface area contributed by atoms with E-state index < -0.39 is 24.4 Å². The molecular weight excluding hydrogens is 162 g/mol. The first kappa shape index (κ1) is 9.28. The first-order valence-electron chi connectivity index (χ1n) is 3.69. The van der Waals surface area contributed by atoms with E-state index >= 15 is 0 Å². The van der Waals surface area contributed by atoms with Gasteiger partial charge in [0.2, 0.25) is 0 Å². The maximum Gasteiger partial charge on any atom is 0.0943 e. The zero-order valence-electron chi connectivity index (χ0n) is 6.66. The molecule has 4 atom stereocenters. The van der Waals surface area contributed by atoms with E-state index in [1.807, 2.05) is 0 Å². The molecule has 0 aliphatic carbocycles. The normalized spacial score (nSPS) is 40.9. The Hall–Kier alpha value is -0.810. The molecule has 0 aromatic carbocycles. The van der Waals surface area contributed by atoms with E-state index in [-0.39, 0.29) is 6.61 Å². The van der Waals surface area contributed by atoms with Crippen molar-refractivity contribution in [1.82, 2.24) is 0 Å². The largest absolute Gasteiger partial charge is 0.394 e. The van der Waals surface area contributed by atoms with Gasteiger partial charge in [-0.25, -0.2) is 0 Å². The van der Waals surface area contributed by atoms with Crippen LogP contribution in [0.5, 0.6) is 0 Å². The third kappa shape index (κ3) is 1.51. The quantitative estimate of drug-likeness (QED) is 0.344. The van der Waals surface area contributed by atoms with Crippen molar-refractivity contribution >= 4 is 0 Å². The van der Waals surface area contributed by atoms with Crippen molar-refractivity contribution in [2.75, 3.05) is 6.61 Å². The van der Waals surface area contributed by atoms with Gasteiger partial charge in [-0.1, -0.05) is 5.11 Å². The number of aliphatic hydroxyl groups excluding tert-OH is 2. The van der Waals surface area contributed by atoms with Crippen LogP contribution in [0.1, 0.15) is 6.92 Å². The third-order valence-corrected chi connectivity index (χ3v) is 1.97. The molecule has 1 saturated heterocycles. The molecule has 1 heterocycles. The van der Waals surface area contributed by atoms with Crippen LogP contribution in [0.4, 0.5) is 0 Å². The Morgan fingerprint density at radius 3 is 2.83 bits per heavy atom. The molecule has 0 aromatic rings. The van der Waals surface area contributed by atoms with Gasteiger partial charge in [-0.3, -0.25) is 0 Å². The van der Waals surface area contributed by atoms with E-state index in [9.17, 15) is 5.11 Å². The highest BCUT2D eigenvalue weighted by atomic mass is 16.5. The van der Waals surface area contributed by atoms with Crippen LogP contribution in [0.25, 0.3) is 10.4 Å². The van der Waals surface area contributed by atoms with Crippen molar-refractivity contribution in [3.63, 3.8) is 0 Å². The fourth-order valence-electron chi connectivity index (χ4n) is 1.29. The van der Waals surface area contributed by atoms with E-state index in [4.69, 9.17) is 15.4 Å². The number of ether oxygens (including phenoxy) is 1. The monoisotopic (exact) mass is 173 g/mol. The molecule has 0 aromatic heterocycles. The smallest absolute Gasteiger partial charge is 0.0943 e. The summed E-state index contributed by atoms with van der Waals surface area (Å²) in [6.45, 7) is 1.42. The molecule has 1 fully saturated rings. The molecule has 1 aliphatic rings. The lowest BCUT2D eigenvalue weighted by Gasteiger charge is -2.11. The third-order valence-electron chi connectivity index (χ3n) is 1.97. The highest BCUT2D eigenvalue weighted by Gasteiger charge is 2.40. The van der Waals surface area contributed by atoms with Gasteiger partial charge >= 0.3 is 0 Å². The Labute approximate surface area is 69.4 Å². The Balaban J connectivity index is 2.72. The predicted octanol–water partition coefficient (Wildman–Crippen LogP) is -0.194. The second-order valence-electron chi connectivity index (χ2n) is 2.75. The van der Waals surface area contributed by atoms with Crippen molar-refractivity contribution in [2.24, 2.45) is 5.11 Å². The SMILES string of the molecule is C[C@@H]1O[C@H](CO)[C@H](N=[N+]=[N-])C1O. The Kier molecular flexibility index (Phi) is 2.88. The van der Waals surface area contributed by atoms with Gasteiger partial charge in [-0.05, 0) is 12.5 Å². The summed E-state index contributed by atoms with van der Waals surface area (Å²) in [5, 5.41) is 21.5. The molecule has 1 unspecified atom stereocenters. The first-order chi connectivity index (χ1) is 5.70. The highest BCUT2D eigenvalue weighted by molar-refractivity contribution is 4.93. The maximum atomic E-state index is 9.39. The van der Waals surface area contributed by atoms with Crippen molar-refractivity contribution in [3.05, 3.63) is 10.4 Å². The summed E-state index contributed by atoms with van der Waals surface area (Å²) in [5.41, 5.74) is 8.15. The number of aliphatic hydroxyl groups is 2. The summed E-state index contributed by atoms with van der Waals surface area (Å²) in [6, 6.07) is -0.671. The topological polar surface area (TPSA) is 98.5 Å². The minimum Gasteiger partial charge on any atom is -0.394 e. The van der Waals surface area contributed by atoms with Gasteiger partial charge in [-0.2, -0.15) is 0 Å². The van der Waals surface area contributed by atoms with Crippen LogP contribution in [-0.4, -0.2) is 41.2 Å². The lowest BCUT2D eigenvalue weighted by molar-refractivity contribution is -0.000131. The standard InChI is InChI=1S/C6H11N3O3/c1-3-6(11)5(8-9-7)4(2-10)12-3/h3-6,10-11H,2H2,1H3/t3-,4+,5-,6?/m0/s1. The lowest BCUT2D eigenvalue weighted by atomic mass is 10.1. The molecule has 6 heteroatoms. The van der Waals surface area contributed by atoms with Gasteiger partial charge in [0, 0.05) is 4.91 Å². The minimum absolute atomic E-state index is 0.245. The van der Waals surface area contributed by atoms with E-state index in [1.165, 1.54) is 0 Å². The maximum absolute atomic E-state index is 9.39. The molecule has 0 amide bonds. The van der Waals surface area contributed by atoms with Gasteiger partial charge in [0.05, 0.1) is 31.0 Å². The summed E-state index contributed by atoms with van der Waals surface area (Å²) in [4.78, 5) is 2.57. The Morgan fingerprint density at radius 2 is 2.33 bits per heavy atom. The molecular formula is C6H11N3O3. The van der Waals surface area contributed by atoms with Crippen LogP contribution in [0.15, 0.2) is 5.11 Å². The number of hydrogen-bond acceptors (Lipinski definition) is 4. The zero-order valence-corrected chi connectivity index (χ0v) is 6.66. The van der Waals surface area contributed by atoms with Crippen molar-refractivity contribution < 1.29 is 14.9 Å². The van der Waals surface area contributed by atoms with Crippen molar-refractivity contribution in [1.29, 1.82) is 0 Å². The molecule has 1 aliphatic heterocycles. The fourth-order valence-corrected chi connectivity index (χ4v) is 1.29. The fraction of sp³-hybridized carbons (Fsp3) is 1.00. The zero-order chi connectivity index (χ0) is 9.14. The number of hydrogen-bond donors (Lipinski definition) is 2. The van der Waals surface area contributed by atoms with E-state index in [2.05, 4.69) is 10.0 Å². The highest BCUT2D eigenvalue weighted by Crippen LogP contribution is 2.23. The molecule has 68 valence electrons. The molecule has 0 saturated carbocycles. The minimum atomic E-state index is -0.821. The van der Waals surface area contributed by atoms with Gasteiger partial charge in [-0.15, -0.1) is 0 Å². The summed E-state index contributed by atoms with van der Waals surface area (Å²) < 4.78 is 5.12. The number of rotatable bonds is 2. The molecule has 12 heavy (non-hydrogen) atoms. The summed E-state index contributed by atoms with van der Waals surface area (Å²) >= 11 is 0. The number of nitrogens with zero attached hydrogens (tertiary/aromatic N) is 3. The molecule has 1 rings (SSSR count). The first-order valence-corrected chi connectivity index (χ1v) is 3.69. The van der Waals surface area contributed by atoms with Crippen LogP contribution in [0.2, 0.25) is 0 Å². The lowest BCUT2D eigenvalue weighted by Crippen LogP contribution is -2.31. The van der Waals surface area contributed by atoms with Crippen molar-refractivity contribution in [2.45, 2.75) is 31.3 Å². The number of azide groups is 1. The van der Waals surface area contributed by atoms with Gasteiger partial charge in [0.1, 0.15) is 0 Å². The molecule has 2 N–H and O–H groups in total. The molecule has 0 radical (unpaired) electrons. The second-order valence-corrected chi connectivity index (χ2v) is 2.75. The van der Waals surface area contributed by atoms with Crippen LogP contribution in [-0.2, 0) is 4.74 Å². The van der Waals surface area contributed by atoms with Crippen molar-refractivity contribution in [3.8, 4) is 0 Å². The van der Waals surface area contributed by atoms with Gasteiger partial charge in [0.15, 0.2) is 0 Å². The van der Waals surface area contributed by atoms with Gasteiger partial charge in [0.25, 0.3) is 0 Å². The Morgan fingerprint density at radius 1 is 1.67 bits per heavy atom. The van der Waals surface area contributed by atoms with Gasteiger partial charge < -0.3 is 14.9 Å². The van der Waals surface area contributed by atoms with Crippen LogP contribution in [0, 0.1) is 0 Å². The Bertz CT molecular complexity index is 204. The van der Waals surface area contributed by atoms with E-state index in [0.29, 0.717) is 0 Å².